The lowest BCUT2D eigenvalue weighted by atomic mass is 9.93. The third-order valence-corrected chi connectivity index (χ3v) is 3.98. The van der Waals surface area contributed by atoms with Gasteiger partial charge in [0.05, 0.1) is 12.3 Å². The second-order valence-corrected chi connectivity index (χ2v) is 6.17. The maximum Gasteiger partial charge on any atom is 0.409 e. The van der Waals surface area contributed by atoms with Gasteiger partial charge in [-0.15, -0.1) is 0 Å². The number of carboxylic acid groups (broad SMARTS) is 1. The van der Waals surface area contributed by atoms with E-state index in [0.717, 1.165) is 19.6 Å². The number of benzene rings is 1. The molecule has 0 spiro atoms. The summed E-state index contributed by atoms with van der Waals surface area (Å²) >= 11 is 0. The van der Waals surface area contributed by atoms with Crippen LogP contribution in [0, 0.1) is 5.92 Å². The van der Waals surface area contributed by atoms with E-state index in [4.69, 9.17) is 4.74 Å². The number of aliphatic carboxylic acids is 1. The van der Waals surface area contributed by atoms with Crippen LogP contribution in [0.3, 0.4) is 0 Å². The van der Waals surface area contributed by atoms with Crippen molar-refractivity contribution in [2.45, 2.75) is 32.4 Å². The van der Waals surface area contributed by atoms with Crippen LogP contribution in [0.5, 0.6) is 0 Å². The van der Waals surface area contributed by atoms with E-state index < -0.39 is 35.3 Å². The number of alkyl carbamates (subject to hydrolysis) is 1. The lowest BCUT2D eigenvalue weighted by molar-refractivity contribution is -0.148. The molecule has 2 atom stereocenters. The number of carboxylic acids is 1. The molecule has 2 unspecified atom stereocenters. The van der Waals surface area contributed by atoms with Crippen LogP contribution < -0.4 is 10.6 Å². The van der Waals surface area contributed by atoms with E-state index in [1.807, 2.05) is 6.92 Å². The molecule has 144 valence electrons. The van der Waals surface area contributed by atoms with Crippen molar-refractivity contribution in [2.75, 3.05) is 6.61 Å². The highest BCUT2D eigenvalue weighted by Gasteiger charge is 2.41. The molecule has 0 bridgehead atoms. The van der Waals surface area contributed by atoms with Gasteiger partial charge in [-0.3, -0.25) is 19.9 Å². The minimum absolute atomic E-state index is 0.122. The molecule has 9 heteroatoms. The summed E-state index contributed by atoms with van der Waals surface area (Å²) < 4.78 is 4.87. The Kier molecular flexibility index (Phi) is 6.27. The number of nitrogens with zero attached hydrogens (tertiary/aromatic N) is 1. The second-order valence-electron chi connectivity index (χ2n) is 6.17. The fraction of sp³-hybridized carbons (Fsp3) is 0.389. The average molecular weight is 375 g/mol. The Morgan fingerprint density at radius 3 is 2.63 bits per heavy atom. The molecule has 1 aliphatic rings. The summed E-state index contributed by atoms with van der Waals surface area (Å²) in [4.78, 5) is 52.4. The molecular formula is C18H21N3O6. The van der Waals surface area contributed by atoms with Crippen molar-refractivity contribution in [3.63, 3.8) is 0 Å². The number of unbranched alkanes of at least 4 members (excludes halogenated alkanes) is 1. The summed E-state index contributed by atoms with van der Waals surface area (Å²) in [5.74, 6) is -4.20. The molecule has 2 rings (SSSR count). The molecule has 1 heterocycles. The molecule has 1 aromatic rings. The fourth-order valence-corrected chi connectivity index (χ4v) is 2.38. The van der Waals surface area contributed by atoms with Crippen LogP contribution in [-0.2, 0) is 14.3 Å². The first kappa shape index (κ1) is 20.1. The SMILES string of the molecule is CCCCOC(=O)NC(C)(NC(=O)C1C=Nc2ccccc2C1=O)C(=O)O. The smallest absolute Gasteiger partial charge is 0.409 e. The highest BCUT2D eigenvalue weighted by atomic mass is 16.5. The van der Waals surface area contributed by atoms with Crippen LogP contribution in [0.15, 0.2) is 29.3 Å². The number of ether oxygens (including phenoxy) is 1. The van der Waals surface area contributed by atoms with E-state index in [-0.39, 0.29) is 12.2 Å². The zero-order valence-corrected chi connectivity index (χ0v) is 15.0. The molecule has 27 heavy (non-hydrogen) atoms. The molecule has 0 aromatic heterocycles. The van der Waals surface area contributed by atoms with Crippen LogP contribution in [0.2, 0.25) is 0 Å². The Balaban J connectivity index is 2.10. The number of hydrogen-bond acceptors (Lipinski definition) is 6. The van der Waals surface area contributed by atoms with E-state index in [2.05, 4.69) is 15.6 Å². The lowest BCUT2D eigenvalue weighted by Crippen LogP contribution is -2.65. The van der Waals surface area contributed by atoms with Crippen molar-refractivity contribution in [2.24, 2.45) is 10.9 Å². The Morgan fingerprint density at radius 2 is 1.96 bits per heavy atom. The zero-order valence-electron chi connectivity index (χ0n) is 15.0. The van der Waals surface area contributed by atoms with Gasteiger partial charge in [0, 0.05) is 11.8 Å². The minimum Gasteiger partial charge on any atom is -0.478 e. The second kappa shape index (κ2) is 8.43. The first-order valence-corrected chi connectivity index (χ1v) is 8.46. The molecule has 0 radical (unpaired) electrons. The Morgan fingerprint density at radius 1 is 1.26 bits per heavy atom. The van der Waals surface area contributed by atoms with Gasteiger partial charge in [-0.2, -0.15) is 0 Å². The third kappa shape index (κ3) is 4.69. The van der Waals surface area contributed by atoms with Crippen molar-refractivity contribution in [1.29, 1.82) is 0 Å². The van der Waals surface area contributed by atoms with Crippen molar-refractivity contribution < 1.29 is 29.0 Å². The van der Waals surface area contributed by atoms with Crippen molar-refractivity contribution in [3.8, 4) is 0 Å². The largest absolute Gasteiger partial charge is 0.478 e. The Bertz CT molecular complexity index is 791. The molecule has 1 aliphatic heterocycles. The van der Waals surface area contributed by atoms with E-state index in [1.165, 1.54) is 6.07 Å². The maximum atomic E-state index is 12.5. The maximum absolute atomic E-state index is 12.5. The van der Waals surface area contributed by atoms with Gasteiger partial charge in [0.1, 0.15) is 5.92 Å². The number of nitrogens with one attached hydrogen (secondary N) is 2. The topological polar surface area (TPSA) is 134 Å². The van der Waals surface area contributed by atoms with Crippen LogP contribution >= 0.6 is 0 Å². The quantitative estimate of drug-likeness (QED) is 0.377. The standard InChI is InChI=1S/C18H21N3O6/c1-3-4-9-27-17(26)21-18(2,16(24)25)20-15(23)12-10-19-13-8-6-5-7-11(13)14(12)22/h5-8,10,12H,3-4,9H2,1-2H3,(H,20,23)(H,21,26)(H,24,25). The summed E-state index contributed by atoms with van der Waals surface area (Å²) in [6.45, 7) is 3.12. The van der Waals surface area contributed by atoms with Crippen molar-refractivity contribution in [3.05, 3.63) is 29.8 Å². The normalized spacial score (nSPS) is 17.4. The third-order valence-electron chi connectivity index (χ3n) is 3.98. The number of ketones is 1. The highest BCUT2D eigenvalue weighted by Crippen LogP contribution is 2.26. The summed E-state index contributed by atoms with van der Waals surface area (Å²) in [5.41, 5.74) is -1.44. The van der Waals surface area contributed by atoms with Gasteiger partial charge in [-0.05, 0) is 25.5 Å². The molecule has 9 nitrogen and oxygen atoms in total. The number of fused-ring (bicyclic) bond motifs is 1. The Hall–Kier alpha value is -3.23. The van der Waals surface area contributed by atoms with E-state index in [9.17, 15) is 24.3 Å². The number of amides is 2. The van der Waals surface area contributed by atoms with Gasteiger partial charge in [0.25, 0.3) is 0 Å². The number of Topliss-reactive ketones (excluding diaryl/α,β-unsaturated/α-hetero) is 1. The zero-order chi connectivity index (χ0) is 20.0. The number of rotatable bonds is 7. The lowest BCUT2D eigenvalue weighted by Gasteiger charge is -2.28. The van der Waals surface area contributed by atoms with Gasteiger partial charge >= 0.3 is 12.1 Å². The van der Waals surface area contributed by atoms with Gasteiger partial charge in [-0.1, -0.05) is 25.5 Å². The predicted molar refractivity (Wildman–Crippen MR) is 96.0 cm³/mol. The van der Waals surface area contributed by atoms with E-state index in [0.29, 0.717) is 12.1 Å². The first-order chi connectivity index (χ1) is 12.8. The molecule has 3 N–H and O–H groups in total. The molecule has 0 aliphatic carbocycles. The van der Waals surface area contributed by atoms with Crippen LogP contribution in [0.25, 0.3) is 0 Å². The number of aliphatic imine (C=N–C) groups is 1. The summed E-state index contributed by atoms with van der Waals surface area (Å²) in [5, 5.41) is 13.7. The number of para-hydroxylation sites is 1. The summed E-state index contributed by atoms with van der Waals surface area (Å²) in [6, 6.07) is 6.52. The van der Waals surface area contributed by atoms with Crippen molar-refractivity contribution >= 4 is 35.7 Å². The Labute approximate surface area is 155 Å². The van der Waals surface area contributed by atoms with E-state index >= 15 is 0 Å². The van der Waals surface area contributed by atoms with Crippen LogP contribution in [0.1, 0.15) is 37.0 Å². The van der Waals surface area contributed by atoms with Gasteiger partial charge in [0.2, 0.25) is 11.6 Å². The molecule has 1 aromatic carbocycles. The molecule has 2 amide bonds. The van der Waals surface area contributed by atoms with Gasteiger partial charge in [-0.25, -0.2) is 9.59 Å². The first-order valence-electron chi connectivity index (χ1n) is 8.46. The molecular weight excluding hydrogens is 354 g/mol. The molecule has 0 saturated carbocycles. The summed E-state index contributed by atoms with van der Waals surface area (Å²) in [6.07, 6.45) is 1.59. The van der Waals surface area contributed by atoms with Crippen molar-refractivity contribution in [1.82, 2.24) is 10.6 Å². The highest BCUT2D eigenvalue weighted by molar-refractivity contribution is 6.23. The average Bonchev–Trinajstić information content (AvgIpc) is 2.62. The van der Waals surface area contributed by atoms with Gasteiger partial charge in [0.15, 0.2) is 5.78 Å². The van der Waals surface area contributed by atoms with Crippen LogP contribution in [-0.4, -0.2) is 47.3 Å². The number of carbonyl (C=O) groups excluding carboxylic acids is 3. The fourth-order valence-electron chi connectivity index (χ4n) is 2.38. The van der Waals surface area contributed by atoms with Crippen LogP contribution in [0.4, 0.5) is 10.5 Å². The number of carbonyl (C=O) groups is 4. The number of hydrogen-bond donors (Lipinski definition) is 3. The summed E-state index contributed by atoms with van der Waals surface area (Å²) in [7, 11) is 0. The predicted octanol–water partition coefficient (Wildman–Crippen LogP) is 1.64. The van der Waals surface area contributed by atoms with E-state index in [1.54, 1.807) is 18.2 Å². The van der Waals surface area contributed by atoms with Gasteiger partial charge < -0.3 is 15.2 Å². The molecule has 0 saturated heterocycles. The monoisotopic (exact) mass is 375 g/mol. The molecule has 0 fully saturated rings. The minimum atomic E-state index is -2.15.